The summed E-state index contributed by atoms with van der Waals surface area (Å²) in [6.45, 7) is 2.85. The Bertz CT molecular complexity index is 328. The summed E-state index contributed by atoms with van der Waals surface area (Å²) in [5.41, 5.74) is 0.833. The van der Waals surface area contributed by atoms with Crippen molar-refractivity contribution >= 4 is 33.9 Å². The fourth-order valence-corrected chi connectivity index (χ4v) is 3.64. The van der Waals surface area contributed by atoms with Crippen LogP contribution in [0, 0.1) is 0 Å². The fourth-order valence-electron chi connectivity index (χ4n) is 1.21. The maximum Gasteiger partial charge on any atom is 0.253 e. The first-order valence-corrected chi connectivity index (χ1v) is 5.97. The van der Waals surface area contributed by atoms with Gasteiger partial charge in [0.2, 0.25) is 0 Å². The van der Waals surface area contributed by atoms with Gasteiger partial charge in [0.1, 0.15) is 0 Å². The molecule has 0 atom stereocenters. The van der Waals surface area contributed by atoms with Gasteiger partial charge in [-0.3, -0.25) is 9.79 Å². The van der Waals surface area contributed by atoms with E-state index in [1.807, 2.05) is 6.92 Å². The van der Waals surface area contributed by atoms with Gasteiger partial charge in [0.15, 0.2) is 0 Å². The van der Waals surface area contributed by atoms with E-state index in [-0.39, 0.29) is 26.6 Å². The van der Waals surface area contributed by atoms with E-state index >= 15 is 0 Å². The van der Waals surface area contributed by atoms with Crippen LogP contribution in [-0.2, 0) is 4.79 Å². The zero-order valence-corrected chi connectivity index (χ0v) is 8.88. The summed E-state index contributed by atoms with van der Waals surface area (Å²) >= 11 is -0.0990. The van der Waals surface area contributed by atoms with Gasteiger partial charge in [-0.25, -0.2) is 0 Å². The van der Waals surface area contributed by atoms with Crippen molar-refractivity contribution < 1.29 is 4.79 Å². The smallest absolute Gasteiger partial charge is 0.253 e. The first kappa shape index (κ1) is 8.10. The van der Waals surface area contributed by atoms with Crippen LogP contribution in [0.3, 0.4) is 0 Å². The number of carbonyl (C=O) groups is 1. The van der Waals surface area contributed by atoms with Gasteiger partial charge in [-0.05, 0) is 13.3 Å². The third-order valence-corrected chi connectivity index (χ3v) is 4.62. The summed E-state index contributed by atoms with van der Waals surface area (Å²) in [6, 6.07) is 0. The quantitative estimate of drug-likeness (QED) is 0.658. The second kappa shape index (κ2) is 3.08. The molecule has 4 heteroatoms. The summed E-state index contributed by atoms with van der Waals surface area (Å²) in [7, 11) is 0. The van der Waals surface area contributed by atoms with Gasteiger partial charge in [0.25, 0.3) is 5.91 Å². The van der Waals surface area contributed by atoms with Gasteiger partial charge in [0.05, 0.1) is 9.29 Å². The van der Waals surface area contributed by atoms with Gasteiger partial charge in [-0.1, -0.05) is 20.7 Å². The summed E-state index contributed by atoms with van der Waals surface area (Å²) in [4.78, 5) is 15.5. The summed E-state index contributed by atoms with van der Waals surface area (Å²) in [5.74, 6) is 0.0622. The molecule has 2 aliphatic heterocycles. The lowest BCUT2D eigenvalue weighted by Crippen LogP contribution is -2.36. The fraction of sp³-hybridized carbons (Fsp3) is 0.375. The number of carbonyl (C=O) groups excluding carboxylic acids is 1. The van der Waals surface area contributed by atoms with E-state index in [2.05, 4.69) is 10.3 Å². The average Bonchev–Trinajstić information content (AvgIpc) is 2.04. The van der Waals surface area contributed by atoms with E-state index in [0.717, 1.165) is 18.5 Å². The van der Waals surface area contributed by atoms with Crippen molar-refractivity contribution in [3.05, 3.63) is 11.8 Å². The predicted molar refractivity (Wildman–Crippen MR) is 57.8 cm³/mol. The largest absolute Gasteiger partial charge is 0.352 e. The number of aliphatic imine (C=N–C) groups is 1. The molecule has 3 nitrogen and oxygen atoms in total. The van der Waals surface area contributed by atoms with Crippen molar-refractivity contribution in [2.75, 3.05) is 6.54 Å². The van der Waals surface area contributed by atoms with E-state index in [1.165, 1.54) is 7.23 Å². The minimum absolute atomic E-state index is 0.0622. The molecule has 2 aliphatic rings. The second-order valence-corrected chi connectivity index (χ2v) is 6.08. The summed E-state index contributed by atoms with van der Waals surface area (Å²) in [6.07, 6.45) is 2.74. The standard InChI is InChI=1S/C8H9IN2O/c1-5-9-7-2-3-10-8(12)6(7)4-11-5/h4H,2-3H2,1H3,(H,10,12). The molecule has 0 radical (unpaired) electrons. The Morgan fingerprint density at radius 3 is 3.33 bits per heavy atom. The predicted octanol–water partition coefficient (Wildman–Crippen LogP) is 0.965. The zero-order chi connectivity index (χ0) is 8.55. The van der Waals surface area contributed by atoms with Crippen LogP contribution >= 0.6 is 20.7 Å². The van der Waals surface area contributed by atoms with E-state index in [1.54, 1.807) is 6.20 Å². The van der Waals surface area contributed by atoms with Crippen molar-refractivity contribution in [1.82, 2.24) is 5.32 Å². The highest BCUT2D eigenvalue weighted by Gasteiger charge is 2.21. The van der Waals surface area contributed by atoms with E-state index in [9.17, 15) is 4.79 Å². The first-order valence-electron chi connectivity index (χ1n) is 3.81. The number of hydrogen-bond donors (Lipinski definition) is 1. The molecule has 0 unspecified atom stereocenters. The SMILES string of the molecule is CC1=NC=C2C(=O)NCCC2=I1. The van der Waals surface area contributed by atoms with Gasteiger partial charge >= 0.3 is 0 Å². The van der Waals surface area contributed by atoms with Crippen LogP contribution in [0.5, 0.6) is 0 Å². The molecule has 0 aromatic carbocycles. The Morgan fingerprint density at radius 2 is 2.50 bits per heavy atom. The van der Waals surface area contributed by atoms with E-state index in [4.69, 9.17) is 0 Å². The molecule has 2 rings (SSSR count). The monoisotopic (exact) mass is 276 g/mol. The minimum Gasteiger partial charge on any atom is -0.352 e. The molecule has 0 aliphatic carbocycles. The summed E-state index contributed by atoms with van der Waals surface area (Å²) in [5, 5.41) is 2.82. The maximum absolute atomic E-state index is 11.3. The van der Waals surface area contributed by atoms with Crippen molar-refractivity contribution in [3.63, 3.8) is 0 Å². The van der Waals surface area contributed by atoms with Crippen LogP contribution < -0.4 is 5.32 Å². The molecule has 12 heavy (non-hydrogen) atoms. The molecule has 1 saturated heterocycles. The molecule has 1 fully saturated rings. The number of hydrogen-bond acceptors (Lipinski definition) is 2. The molecule has 64 valence electrons. The number of amides is 1. The van der Waals surface area contributed by atoms with E-state index in [0.29, 0.717) is 0 Å². The topological polar surface area (TPSA) is 41.5 Å². The molecular weight excluding hydrogens is 267 g/mol. The molecule has 0 spiro atoms. The van der Waals surface area contributed by atoms with Crippen LogP contribution in [0.2, 0.25) is 0 Å². The lowest BCUT2D eigenvalue weighted by Gasteiger charge is -2.19. The van der Waals surface area contributed by atoms with Gasteiger partial charge in [0, 0.05) is 16.3 Å². The molecule has 0 bridgehead atoms. The van der Waals surface area contributed by atoms with Gasteiger partial charge in [-0.15, -0.1) is 0 Å². The molecule has 0 aromatic rings. The molecule has 0 aromatic heterocycles. The second-order valence-electron chi connectivity index (χ2n) is 2.67. The highest BCUT2D eigenvalue weighted by Crippen LogP contribution is 2.21. The molecule has 1 N–H and O–H groups in total. The van der Waals surface area contributed by atoms with Crippen LogP contribution in [-0.4, -0.2) is 19.7 Å². The van der Waals surface area contributed by atoms with Crippen molar-refractivity contribution in [2.24, 2.45) is 4.99 Å². The number of fused-ring (bicyclic) bond motifs is 1. The maximum atomic E-state index is 11.3. The normalized spacial score (nSPS) is 22.4. The van der Waals surface area contributed by atoms with Crippen LogP contribution in [0.1, 0.15) is 13.3 Å². The van der Waals surface area contributed by atoms with E-state index < -0.39 is 0 Å². The minimum atomic E-state index is -0.0990. The molecule has 2 heterocycles. The molecule has 0 saturated carbocycles. The van der Waals surface area contributed by atoms with Crippen molar-refractivity contribution in [2.45, 2.75) is 13.3 Å². The third kappa shape index (κ3) is 1.35. The Kier molecular flexibility index (Phi) is 2.08. The number of nitrogens with one attached hydrogen (secondary N) is 1. The van der Waals surface area contributed by atoms with Crippen LogP contribution in [0.25, 0.3) is 0 Å². The first-order chi connectivity index (χ1) is 5.77. The molecule has 1 amide bonds. The Hall–Kier alpha value is -0.520. The van der Waals surface area contributed by atoms with Gasteiger partial charge in [-0.2, -0.15) is 0 Å². The third-order valence-electron chi connectivity index (χ3n) is 1.79. The number of nitrogens with zero attached hydrogens (tertiary/aromatic N) is 1. The lowest BCUT2D eigenvalue weighted by molar-refractivity contribution is -0.117. The Morgan fingerprint density at radius 1 is 1.67 bits per heavy atom. The number of rotatable bonds is 0. The van der Waals surface area contributed by atoms with Gasteiger partial charge < -0.3 is 5.32 Å². The Labute approximate surface area is 80.7 Å². The highest BCUT2D eigenvalue weighted by atomic mass is 127. The van der Waals surface area contributed by atoms with Crippen molar-refractivity contribution in [1.29, 1.82) is 0 Å². The average molecular weight is 276 g/mol. The molecular formula is C8H9IN2O. The number of piperidine rings is 1. The highest BCUT2D eigenvalue weighted by molar-refractivity contribution is 14.2. The van der Waals surface area contributed by atoms with Crippen LogP contribution in [0.15, 0.2) is 16.8 Å². The summed E-state index contributed by atoms with van der Waals surface area (Å²) < 4.78 is 2.56. The van der Waals surface area contributed by atoms with Crippen LogP contribution in [0.4, 0.5) is 0 Å². The Balaban J connectivity index is 2.42. The number of halogens is 1. The van der Waals surface area contributed by atoms with Crippen molar-refractivity contribution in [3.8, 4) is 0 Å². The zero-order valence-electron chi connectivity index (χ0n) is 6.72. The lowest BCUT2D eigenvalue weighted by atomic mass is 10.1.